The van der Waals surface area contributed by atoms with Crippen molar-refractivity contribution in [2.75, 3.05) is 6.61 Å². The fourth-order valence-corrected chi connectivity index (χ4v) is 4.97. The predicted octanol–water partition coefficient (Wildman–Crippen LogP) is 6.57. The molecule has 0 aliphatic carbocycles. The van der Waals surface area contributed by atoms with Crippen molar-refractivity contribution in [3.63, 3.8) is 0 Å². The molecule has 194 valence electrons. The molecule has 0 spiro atoms. The number of ether oxygens (including phenoxy) is 1. The molecular formula is C29H38N2O4S. The van der Waals surface area contributed by atoms with E-state index in [0.717, 1.165) is 65.0 Å². The maximum atomic E-state index is 12.6. The largest absolute Gasteiger partial charge is 0.493 e. The summed E-state index contributed by atoms with van der Waals surface area (Å²) in [5, 5.41) is 10.6. The second-order valence-corrected chi connectivity index (χ2v) is 10.2. The lowest BCUT2D eigenvalue weighted by molar-refractivity contribution is 0.0886. The first-order valence-electron chi connectivity index (χ1n) is 13.1. The van der Waals surface area contributed by atoms with Crippen molar-refractivity contribution >= 4 is 17.2 Å². The van der Waals surface area contributed by atoms with E-state index < -0.39 is 4.87 Å². The smallest absolute Gasteiger partial charge is 0.317 e. The van der Waals surface area contributed by atoms with Gasteiger partial charge in [-0.1, -0.05) is 81.9 Å². The minimum Gasteiger partial charge on any atom is -0.493 e. The van der Waals surface area contributed by atoms with Crippen molar-refractivity contribution < 1.29 is 14.6 Å². The molecule has 0 saturated carbocycles. The second-order valence-electron chi connectivity index (χ2n) is 9.15. The Labute approximate surface area is 218 Å². The van der Waals surface area contributed by atoms with Crippen LogP contribution in [0, 0.1) is 0 Å². The van der Waals surface area contributed by atoms with Crippen LogP contribution in [0.1, 0.15) is 91.7 Å². The van der Waals surface area contributed by atoms with E-state index in [-0.39, 0.29) is 18.2 Å². The normalized spacial score (nSPS) is 11.1. The van der Waals surface area contributed by atoms with Crippen LogP contribution in [0.4, 0.5) is 0 Å². The predicted molar refractivity (Wildman–Crippen MR) is 146 cm³/mol. The third-order valence-corrected chi connectivity index (χ3v) is 7.24. The molecule has 6 nitrogen and oxygen atoms in total. The van der Waals surface area contributed by atoms with Crippen LogP contribution in [0.25, 0.3) is 0 Å². The zero-order valence-corrected chi connectivity index (χ0v) is 22.3. The van der Waals surface area contributed by atoms with Gasteiger partial charge in [0, 0.05) is 31.2 Å². The average molecular weight is 511 g/mol. The zero-order chi connectivity index (χ0) is 25.8. The van der Waals surface area contributed by atoms with Gasteiger partial charge in [-0.3, -0.25) is 14.6 Å². The highest BCUT2D eigenvalue weighted by Gasteiger charge is 2.19. The maximum absolute atomic E-state index is 12.6. The van der Waals surface area contributed by atoms with Gasteiger partial charge in [0.05, 0.1) is 11.5 Å². The Bertz CT molecular complexity index is 1130. The summed E-state index contributed by atoms with van der Waals surface area (Å²) in [7, 11) is 0. The van der Waals surface area contributed by atoms with Crippen LogP contribution < -0.4 is 9.61 Å². The van der Waals surface area contributed by atoms with Crippen molar-refractivity contribution in [2.24, 2.45) is 0 Å². The van der Waals surface area contributed by atoms with Crippen molar-refractivity contribution in [1.29, 1.82) is 0 Å². The minimum absolute atomic E-state index is 0.222. The molecule has 0 aliphatic rings. The van der Waals surface area contributed by atoms with Crippen LogP contribution in [-0.2, 0) is 19.3 Å². The van der Waals surface area contributed by atoms with Gasteiger partial charge in [-0.05, 0) is 42.2 Å². The Balaban J connectivity index is 1.47. The Hall–Kier alpha value is -2.93. The number of aromatic nitrogens is 2. The molecule has 3 rings (SSSR count). The van der Waals surface area contributed by atoms with Gasteiger partial charge in [-0.25, -0.2) is 4.57 Å². The molecule has 0 amide bonds. The average Bonchev–Trinajstić information content (AvgIpc) is 3.17. The van der Waals surface area contributed by atoms with Gasteiger partial charge in [-0.2, -0.15) is 0 Å². The molecule has 1 aromatic carbocycles. The summed E-state index contributed by atoms with van der Waals surface area (Å²) >= 11 is 0.934. The number of hydrogen-bond acceptors (Lipinski definition) is 6. The summed E-state index contributed by atoms with van der Waals surface area (Å²) in [6.45, 7) is 4.83. The van der Waals surface area contributed by atoms with Gasteiger partial charge < -0.3 is 9.84 Å². The van der Waals surface area contributed by atoms with Gasteiger partial charge in [0.15, 0.2) is 0 Å². The van der Waals surface area contributed by atoms with Crippen LogP contribution in [0.3, 0.4) is 0 Å². The van der Waals surface area contributed by atoms with Crippen LogP contribution in [0.15, 0.2) is 47.4 Å². The topological polar surface area (TPSA) is 81.4 Å². The highest BCUT2D eigenvalue weighted by Crippen LogP contribution is 2.25. The minimum atomic E-state index is -0.420. The lowest BCUT2D eigenvalue weighted by Crippen LogP contribution is -2.20. The molecule has 0 aliphatic heterocycles. The fourth-order valence-electron chi connectivity index (χ4n) is 4.06. The van der Waals surface area contributed by atoms with E-state index >= 15 is 0 Å². The molecule has 7 heteroatoms. The second kappa shape index (κ2) is 14.6. The maximum Gasteiger partial charge on any atom is 0.317 e. The number of nitrogens with zero attached hydrogens (tertiary/aromatic N) is 2. The van der Waals surface area contributed by atoms with E-state index in [9.17, 15) is 14.7 Å². The first-order chi connectivity index (χ1) is 17.5. The number of rotatable bonds is 15. The molecule has 0 unspecified atom stereocenters. The lowest BCUT2D eigenvalue weighted by Gasteiger charge is -2.08. The first-order valence-corrected chi connectivity index (χ1v) is 14.0. The van der Waals surface area contributed by atoms with Gasteiger partial charge in [0.25, 0.3) is 0 Å². The number of thiazole rings is 1. The molecule has 0 fully saturated rings. The van der Waals surface area contributed by atoms with Gasteiger partial charge >= 0.3 is 4.87 Å². The Kier molecular flexibility index (Phi) is 11.2. The molecular weight excluding hydrogens is 472 g/mol. The van der Waals surface area contributed by atoms with Crippen LogP contribution in [-0.4, -0.2) is 27.2 Å². The Morgan fingerprint density at radius 2 is 1.67 bits per heavy atom. The molecule has 0 radical (unpaired) electrons. The summed E-state index contributed by atoms with van der Waals surface area (Å²) in [4.78, 5) is 29.5. The number of carbonyl (C=O) groups is 1. The zero-order valence-electron chi connectivity index (χ0n) is 21.5. The number of aromatic hydroxyl groups is 1. The van der Waals surface area contributed by atoms with Crippen molar-refractivity contribution in [2.45, 2.75) is 84.5 Å². The summed E-state index contributed by atoms with van der Waals surface area (Å²) in [6.07, 6.45) is 12.0. The summed E-state index contributed by atoms with van der Waals surface area (Å²) in [5.41, 5.74) is 3.15. The molecule has 0 atom stereocenters. The van der Waals surface area contributed by atoms with Crippen LogP contribution in [0.5, 0.6) is 11.6 Å². The quantitative estimate of drug-likeness (QED) is 0.234. The van der Waals surface area contributed by atoms with Crippen LogP contribution in [0.2, 0.25) is 0 Å². The molecule has 2 heterocycles. The Morgan fingerprint density at radius 1 is 0.972 bits per heavy atom. The van der Waals surface area contributed by atoms with E-state index in [1.807, 2.05) is 36.5 Å². The van der Waals surface area contributed by atoms with E-state index in [4.69, 9.17) is 4.74 Å². The van der Waals surface area contributed by atoms with Crippen molar-refractivity contribution in [3.8, 4) is 11.6 Å². The number of hydrogen-bond donors (Lipinski definition) is 1. The third kappa shape index (κ3) is 8.33. The van der Waals surface area contributed by atoms with Crippen LogP contribution >= 0.6 is 11.3 Å². The highest BCUT2D eigenvalue weighted by molar-refractivity contribution is 7.09. The standard InChI is InChI=1S/C29H38N2O4S/c1-3-5-6-7-8-9-10-11-27(32)31-28(33)26(36-29(31)34)20-23-13-16-25(17-14-23)35-19-18-24-15-12-22(4-2)21-30-24/h12-17,21,33H,3-11,18-20H2,1-2H3. The van der Waals surface area contributed by atoms with E-state index in [1.54, 1.807) is 0 Å². The van der Waals surface area contributed by atoms with E-state index in [2.05, 4.69) is 24.9 Å². The first kappa shape index (κ1) is 27.7. The number of pyridine rings is 1. The fraction of sp³-hybridized carbons (Fsp3) is 0.483. The molecule has 3 aromatic rings. The molecule has 0 saturated heterocycles. The number of benzene rings is 1. The highest BCUT2D eigenvalue weighted by atomic mass is 32.1. The molecule has 2 aromatic heterocycles. The number of carbonyl (C=O) groups excluding carboxylic acids is 1. The van der Waals surface area contributed by atoms with Crippen molar-refractivity contribution in [3.05, 3.63) is 74.0 Å². The number of aryl methyl sites for hydroxylation is 1. The number of unbranched alkanes of at least 4 members (excludes halogenated alkanes) is 6. The van der Waals surface area contributed by atoms with E-state index in [1.165, 1.54) is 31.2 Å². The lowest BCUT2D eigenvalue weighted by atomic mass is 10.1. The summed E-state index contributed by atoms with van der Waals surface area (Å²) in [5.74, 6) is 0.208. The molecule has 1 N–H and O–H groups in total. The Morgan fingerprint density at radius 3 is 2.33 bits per heavy atom. The molecule has 0 bridgehead atoms. The van der Waals surface area contributed by atoms with Crippen molar-refractivity contribution in [1.82, 2.24) is 9.55 Å². The van der Waals surface area contributed by atoms with Gasteiger partial charge in [-0.15, -0.1) is 0 Å². The summed E-state index contributed by atoms with van der Waals surface area (Å²) in [6, 6.07) is 11.7. The van der Waals surface area contributed by atoms with Gasteiger partial charge in [0.2, 0.25) is 11.8 Å². The van der Waals surface area contributed by atoms with E-state index in [0.29, 0.717) is 17.9 Å². The SMILES string of the molecule is CCCCCCCCCC(=O)n1c(O)c(Cc2ccc(OCCc3ccc(CC)cn3)cc2)sc1=O. The molecule has 36 heavy (non-hydrogen) atoms. The monoisotopic (exact) mass is 510 g/mol. The third-order valence-electron chi connectivity index (χ3n) is 6.31. The van der Waals surface area contributed by atoms with Gasteiger partial charge in [0.1, 0.15) is 5.75 Å². The summed E-state index contributed by atoms with van der Waals surface area (Å²) < 4.78 is 6.78.